The van der Waals surface area contributed by atoms with Gasteiger partial charge in [0.05, 0.1) is 24.5 Å². The van der Waals surface area contributed by atoms with E-state index in [0.717, 1.165) is 27.6 Å². The molecule has 0 aliphatic rings. The molecule has 1 aromatic heterocycles. The molecular weight excluding hydrogens is 456 g/mol. The molecule has 2 aromatic carbocycles. The van der Waals surface area contributed by atoms with Gasteiger partial charge in [0.1, 0.15) is 11.5 Å². The molecule has 0 radical (unpaired) electrons. The van der Waals surface area contributed by atoms with E-state index in [9.17, 15) is 8.42 Å². The lowest BCUT2D eigenvalue weighted by atomic mass is 10.2. The number of thiazole rings is 1. The Bertz CT molecular complexity index is 1050. The Morgan fingerprint density at radius 3 is 1.97 bits per heavy atom. The maximum atomic E-state index is 13.9. The summed E-state index contributed by atoms with van der Waals surface area (Å²) in [6.45, 7) is 4.31. The predicted octanol–water partition coefficient (Wildman–Crippen LogP) is 5.07. The van der Waals surface area contributed by atoms with Gasteiger partial charge in [-0.1, -0.05) is 30.3 Å². The lowest BCUT2D eigenvalue weighted by Crippen LogP contribution is -2.39. The number of allylic oxidation sites excluding steroid dienone is 1. The molecule has 8 heteroatoms. The van der Waals surface area contributed by atoms with Gasteiger partial charge >= 0.3 is 0 Å². The lowest BCUT2D eigenvalue weighted by Gasteiger charge is -2.28. The minimum atomic E-state index is -3.65. The fourth-order valence-electron chi connectivity index (χ4n) is 3.52. The van der Waals surface area contributed by atoms with Gasteiger partial charge in [-0.15, -0.1) is 17.9 Å². The van der Waals surface area contributed by atoms with E-state index < -0.39 is 15.3 Å². The summed E-state index contributed by atoms with van der Waals surface area (Å²) < 4.78 is 39.9. The van der Waals surface area contributed by atoms with Gasteiger partial charge in [0, 0.05) is 31.1 Å². The average molecular weight is 487 g/mol. The summed E-state index contributed by atoms with van der Waals surface area (Å²) in [4.78, 5) is 4.33. The Morgan fingerprint density at radius 2 is 1.55 bits per heavy atom. The maximum Gasteiger partial charge on any atom is 0.218 e. The van der Waals surface area contributed by atoms with Crippen LogP contribution in [0.1, 0.15) is 29.0 Å². The molecule has 6 nitrogen and oxygen atoms in total. The Morgan fingerprint density at radius 1 is 1.00 bits per heavy atom. The number of hydrogen-bond donors (Lipinski definition) is 0. The minimum absolute atomic E-state index is 0.265. The summed E-state index contributed by atoms with van der Waals surface area (Å²) >= 11 is 1.48. The van der Waals surface area contributed by atoms with E-state index in [1.807, 2.05) is 53.9 Å². The smallest absolute Gasteiger partial charge is 0.218 e. The third-order valence-electron chi connectivity index (χ3n) is 5.40. The van der Waals surface area contributed by atoms with Crippen LogP contribution in [-0.2, 0) is 29.5 Å². The fraction of sp³-hybridized carbons (Fsp3) is 0.320. The lowest BCUT2D eigenvalue weighted by molar-refractivity contribution is 0.388. The van der Waals surface area contributed by atoms with Crippen LogP contribution in [0.15, 0.2) is 72.8 Å². The largest absolute Gasteiger partial charge is 0.497 e. The summed E-state index contributed by atoms with van der Waals surface area (Å²) in [6.07, 6.45) is 4.97. The first-order valence-electron chi connectivity index (χ1n) is 10.7. The summed E-state index contributed by atoms with van der Waals surface area (Å²) in [7, 11) is -0.431. The van der Waals surface area contributed by atoms with E-state index in [1.165, 1.54) is 11.3 Å². The van der Waals surface area contributed by atoms with Gasteiger partial charge in [0.15, 0.2) is 0 Å². The molecule has 1 unspecified atom stereocenters. The Kier molecular flexibility index (Phi) is 9.05. The van der Waals surface area contributed by atoms with Gasteiger partial charge < -0.3 is 9.47 Å². The molecule has 0 aliphatic heterocycles. The zero-order valence-electron chi connectivity index (χ0n) is 19.0. The molecule has 0 bridgehead atoms. The van der Waals surface area contributed by atoms with Crippen LogP contribution in [0, 0.1) is 0 Å². The van der Waals surface area contributed by atoms with Crippen LogP contribution < -0.4 is 9.47 Å². The quantitative estimate of drug-likeness (QED) is 0.316. The van der Waals surface area contributed by atoms with Gasteiger partial charge in [-0.3, -0.25) is 0 Å². The van der Waals surface area contributed by atoms with Crippen LogP contribution >= 0.6 is 11.3 Å². The highest BCUT2D eigenvalue weighted by molar-refractivity contribution is 7.89. The molecule has 0 saturated carbocycles. The van der Waals surface area contributed by atoms with Crippen molar-refractivity contribution in [2.75, 3.05) is 14.2 Å². The van der Waals surface area contributed by atoms with Crippen molar-refractivity contribution in [3.63, 3.8) is 0 Å². The number of hydrogen-bond acceptors (Lipinski definition) is 6. The van der Waals surface area contributed by atoms with Crippen molar-refractivity contribution in [1.82, 2.24) is 9.29 Å². The minimum Gasteiger partial charge on any atom is -0.497 e. The zero-order chi connectivity index (χ0) is 23.7. The number of methoxy groups -OCH3 is 2. The second-order valence-electron chi connectivity index (χ2n) is 7.63. The first kappa shape index (κ1) is 25.0. The molecule has 0 aliphatic carbocycles. The van der Waals surface area contributed by atoms with Crippen molar-refractivity contribution in [1.29, 1.82) is 0 Å². The molecule has 33 heavy (non-hydrogen) atoms. The number of sulfonamides is 1. The first-order chi connectivity index (χ1) is 16.0. The molecule has 0 fully saturated rings. The van der Waals surface area contributed by atoms with E-state index in [4.69, 9.17) is 9.47 Å². The van der Waals surface area contributed by atoms with Gasteiger partial charge in [-0.2, -0.15) is 4.31 Å². The summed E-state index contributed by atoms with van der Waals surface area (Å²) in [5.41, 5.74) is 1.79. The van der Waals surface area contributed by atoms with Crippen LogP contribution in [0.5, 0.6) is 11.5 Å². The van der Waals surface area contributed by atoms with Crippen LogP contribution in [-0.4, -0.2) is 37.2 Å². The Hall–Kier alpha value is -2.68. The monoisotopic (exact) mass is 486 g/mol. The summed E-state index contributed by atoms with van der Waals surface area (Å²) in [5.74, 6) is 1.46. The van der Waals surface area contributed by atoms with Crippen LogP contribution in [0.4, 0.5) is 0 Å². The number of aromatic nitrogens is 1. The van der Waals surface area contributed by atoms with E-state index in [-0.39, 0.29) is 13.1 Å². The van der Waals surface area contributed by atoms with E-state index >= 15 is 0 Å². The number of nitrogens with zero attached hydrogens (tertiary/aromatic N) is 2. The Labute approximate surface area is 200 Å². The van der Waals surface area contributed by atoms with Gasteiger partial charge in [0.25, 0.3) is 0 Å². The summed E-state index contributed by atoms with van der Waals surface area (Å²) in [5, 5.41) is 2.11. The molecule has 0 spiro atoms. The predicted molar refractivity (Wildman–Crippen MR) is 133 cm³/mol. The van der Waals surface area contributed by atoms with E-state index in [1.54, 1.807) is 30.8 Å². The standard InChI is InChI=1S/C25H30N2O4S2/c1-4-5-6-24(17-25-26-15-16-32-25)33(28,29)27(18-20-7-11-22(30-2)12-8-20)19-21-9-13-23(31-3)14-10-21/h4,7-16,24H,1,5-6,17-19H2,2-3H3. The van der Waals surface area contributed by atoms with Crippen LogP contribution in [0.2, 0.25) is 0 Å². The Balaban J connectivity index is 1.92. The fourth-order valence-corrected chi connectivity index (χ4v) is 6.21. The summed E-state index contributed by atoms with van der Waals surface area (Å²) in [6, 6.07) is 15.0. The highest BCUT2D eigenvalue weighted by atomic mass is 32.2. The van der Waals surface area contributed by atoms with Crippen molar-refractivity contribution < 1.29 is 17.9 Å². The molecule has 0 N–H and O–H groups in total. The molecule has 176 valence electrons. The highest BCUT2D eigenvalue weighted by Crippen LogP contribution is 2.25. The van der Waals surface area contributed by atoms with Gasteiger partial charge in [-0.05, 0) is 48.2 Å². The van der Waals surface area contributed by atoms with Crippen LogP contribution in [0.25, 0.3) is 0 Å². The van der Waals surface area contributed by atoms with Crippen LogP contribution in [0.3, 0.4) is 0 Å². The van der Waals surface area contributed by atoms with Crippen molar-refractivity contribution in [3.8, 4) is 11.5 Å². The van der Waals surface area contributed by atoms with Crippen molar-refractivity contribution >= 4 is 21.4 Å². The molecule has 0 saturated heterocycles. The van der Waals surface area contributed by atoms with Gasteiger partial charge in [-0.25, -0.2) is 13.4 Å². The normalized spacial score (nSPS) is 12.5. The SMILES string of the molecule is C=CCCC(Cc1nccs1)S(=O)(=O)N(Cc1ccc(OC)cc1)Cc1ccc(OC)cc1. The van der Waals surface area contributed by atoms with Crippen molar-refractivity contribution in [2.45, 2.75) is 37.6 Å². The topological polar surface area (TPSA) is 68.7 Å². The maximum absolute atomic E-state index is 13.9. The number of ether oxygens (including phenoxy) is 2. The molecule has 1 heterocycles. The highest BCUT2D eigenvalue weighted by Gasteiger charge is 2.32. The van der Waals surface area contributed by atoms with Crippen molar-refractivity contribution in [3.05, 3.63) is 88.9 Å². The van der Waals surface area contributed by atoms with E-state index in [2.05, 4.69) is 11.6 Å². The second kappa shape index (κ2) is 12.0. The van der Waals surface area contributed by atoms with E-state index in [0.29, 0.717) is 19.3 Å². The molecular formula is C25H30N2O4S2. The van der Waals surface area contributed by atoms with Gasteiger partial charge in [0.2, 0.25) is 10.0 Å². The molecule has 3 aromatic rings. The molecule has 3 rings (SSSR count). The van der Waals surface area contributed by atoms with Crippen molar-refractivity contribution in [2.24, 2.45) is 0 Å². The number of rotatable bonds is 13. The average Bonchev–Trinajstić information content (AvgIpc) is 3.35. The second-order valence-corrected chi connectivity index (χ2v) is 10.8. The molecule has 0 amide bonds. The third kappa shape index (κ3) is 6.90. The zero-order valence-corrected chi connectivity index (χ0v) is 20.6. The first-order valence-corrected chi connectivity index (χ1v) is 13.1. The molecule has 1 atom stereocenters. The third-order valence-corrected chi connectivity index (χ3v) is 8.42. The number of benzene rings is 2.